The lowest BCUT2D eigenvalue weighted by Gasteiger charge is -2.31. The van der Waals surface area contributed by atoms with Crippen molar-refractivity contribution in [2.24, 2.45) is 33.9 Å². The second-order valence-corrected chi connectivity index (χ2v) is 10.5. The minimum absolute atomic E-state index is 0.0157. The number of aromatic carboxylic acids is 1. The monoisotopic (exact) mass is 464 g/mol. The van der Waals surface area contributed by atoms with Crippen molar-refractivity contribution in [3.63, 3.8) is 0 Å². The molecule has 4 heterocycles. The third-order valence-corrected chi connectivity index (χ3v) is 9.37. The number of nitrogens with two attached hydrogens (primary N) is 1. The van der Waals surface area contributed by atoms with Gasteiger partial charge in [-0.05, 0) is 30.2 Å². The van der Waals surface area contributed by atoms with Crippen LogP contribution in [0.4, 0.5) is 10.1 Å². The fourth-order valence-corrected chi connectivity index (χ4v) is 8.07. The van der Waals surface area contributed by atoms with E-state index >= 15 is 4.39 Å². The summed E-state index contributed by atoms with van der Waals surface area (Å²) in [6.07, 6.45) is 5.62. The number of nitrogens with zero attached hydrogens (tertiary/aromatic N) is 3. The molecule has 7 nitrogen and oxygen atoms in total. The molecule has 4 atom stereocenters. The molecule has 4 aromatic rings. The van der Waals surface area contributed by atoms with Gasteiger partial charge < -0.3 is 15.7 Å². The highest BCUT2D eigenvalue weighted by Crippen LogP contribution is 2.59. The molecule has 168 valence electrons. The van der Waals surface area contributed by atoms with Gasteiger partial charge in [0, 0.05) is 37.5 Å². The second-order valence-electron chi connectivity index (χ2n) is 9.66. The number of fused-ring (bicyclic) bond motifs is 5. The first kappa shape index (κ1) is 19.4. The average Bonchev–Trinajstić information content (AvgIpc) is 3.57. The zero-order chi connectivity index (χ0) is 22.8. The van der Waals surface area contributed by atoms with Crippen molar-refractivity contribution in [3.8, 4) is 0 Å². The van der Waals surface area contributed by atoms with Gasteiger partial charge in [-0.2, -0.15) is 0 Å². The number of hydrogen-bond acceptors (Lipinski definition) is 6. The van der Waals surface area contributed by atoms with Gasteiger partial charge in [-0.15, -0.1) is 11.3 Å². The minimum atomic E-state index is -1.31. The number of allylic oxidation sites excluding steroid dienone is 1. The van der Waals surface area contributed by atoms with Crippen LogP contribution >= 0.6 is 11.3 Å². The van der Waals surface area contributed by atoms with Crippen LogP contribution in [-0.4, -0.2) is 42.2 Å². The lowest BCUT2D eigenvalue weighted by Crippen LogP contribution is -2.36. The van der Waals surface area contributed by atoms with Gasteiger partial charge in [0.05, 0.1) is 32.9 Å². The van der Waals surface area contributed by atoms with E-state index in [4.69, 9.17) is 5.73 Å². The molecule has 0 amide bonds. The fourth-order valence-electron chi connectivity index (χ4n) is 7.04. The Hall–Kier alpha value is -3.04. The Bertz CT molecular complexity index is 1660. The van der Waals surface area contributed by atoms with E-state index in [2.05, 4.69) is 22.0 Å². The molecule has 2 fully saturated rings. The highest BCUT2D eigenvalue weighted by Gasteiger charge is 2.57. The molecule has 1 saturated carbocycles. The minimum Gasteiger partial charge on any atom is -0.477 e. The third-order valence-electron chi connectivity index (χ3n) is 8.42. The first-order chi connectivity index (χ1) is 15.9. The Morgan fingerprint density at radius 3 is 2.97 bits per heavy atom. The van der Waals surface area contributed by atoms with Gasteiger partial charge in [0.25, 0.3) is 0 Å². The molecule has 1 saturated heterocycles. The van der Waals surface area contributed by atoms with Gasteiger partial charge in [0.15, 0.2) is 0 Å². The van der Waals surface area contributed by atoms with Crippen LogP contribution in [0.2, 0.25) is 0 Å². The van der Waals surface area contributed by atoms with E-state index in [9.17, 15) is 14.7 Å². The quantitative estimate of drug-likeness (QED) is 0.454. The Kier molecular flexibility index (Phi) is 3.59. The summed E-state index contributed by atoms with van der Waals surface area (Å²) < 4.78 is 17.6. The maximum absolute atomic E-state index is 15.8. The van der Waals surface area contributed by atoms with Gasteiger partial charge in [-0.25, -0.2) is 9.18 Å². The first-order valence-electron chi connectivity index (χ1n) is 11.1. The van der Waals surface area contributed by atoms with E-state index in [1.165, 1.54) is 17.4 Å². The molecule has 1 aromatic carbocycles. The van der Waals surface area contributed by atoms with Crippen molar-refractivity contribution < 1.29 is 14.3 Å². The lowest BCUT2D eigenvalue weighted by molar-refractivity contribution is 0.0697. The SMILES string of the molecule is CN=c1c2c(N3CC4C5C=CC(CN)(C5)C4C3)c(F)cc3c(=O)c(C(=O)O)c4scc1n4c32. The molecule has 1 aliphatic heterocycles. The zero-order valence-electron chi connectivity index (χ0n) is 17.8. The van der Waals surface area contributed by atoms with E-state index in [1.54, 1.807) is 16.8 Å². The van der Waals surface area contributed by atoms with Crippen LogP contribution < -0.4 is 21.4 Å². The Balaban J connectivity index is 1.53. The molecule has 0 radical (unpaired) electrons. The summed E-state index contributed by atoms with van der Waals surface area (Å²) in [5, 5.41) is 12.8. The maximum Gasteiger partial charge on any atom is 0.342 e. The van der Waals surface area contributed by atoms with E-state index in [1.807, 2.05) is 0 Å². The smallest absolute Gasteiger partial charge is 0.342 e. The van der Waals surface area contributed by atoms with E-state index in [0.717, 1.165) is 13.0 Å². The predicted octanol–water partition coefficient (Wildman–Crippen LogP) is 2.50. The standard InChI is InChI=1S/C24H21FN4O3S/c1-27-18-15-8-33-22-17(23(31)32)21(30)11-4-14(25)20(16(18)19(11)29(15)22)28-6-12-10-2-3-24(5-10,9-26)13(12)7-28/h2-4,8,10,12-13H,5-7,9,26H2,1H3,(H,31,32). The van der Waals surface area contributed by atoms with Gasteiger partial charge in [-0.3, -0.25) is 14.2 Å². The number of carbonyl (C=O) groups is 1. The first-order valence-corrected chi connectivity index (χ1v) is 12.0. The zero-order valence-corrected chi connectivity index (χ0v) is 18.7. The van der Waals surface area contributed by atoms with Crippen LogP contribution in [0.3, 0.4) is 0 Å². The molecule has 3 N–H and O–H groups in total. The summed E-state index contributed by atoms with van der Waals surface area (Å²) in [6.45, 7) is 2.02. The average molecular weight is 465 g/mol. The van der Waals surface area contributed by atoms with Gasteiger partial charge in [0.2, 0.25) is 5.43 Å². The number of rotatable bonds is 3. The van der Waals surface area contributed by atoms with Crippen LogP contribution in [0.25, 0.3) is 26.6 Å². The summed E-state index contributed by atoms with van der Waals surface area (Å²) in [5.74, 6) is -0.557. The maximum atomic E-state index is 15.8. The van der Waals surface area contributed by atoms with Crippen LogP contribution in [-0.2, 0) is 0 Å². The largest absolute Gasteiger partial charge is 0.477 e. The molecule has 2 aliphatic carbocycles. The summed E-state index contributed by atoms with van der Waals surface area (Å²) in [4.78, 5) is 32.0. The van der Waals surface area contributed by atoms with Crippen LogP contribution in [0.1, 0.15) is 16.8 Å². The highest BCUT2D eigenvalue weighted by molar-refractivity contribution is 7.16. The summed E-state index contributed by atoms with van der Waals surface area (Å²) in [5.41, 5.74) is 6.92. The normalized spacial score (nSPS) is 29.0. The fraction of sp³-hybridized carbons (Fsp3) is 0.375. The van der Waals surface area contributed by atoms with Crippen LogP contribution in [0.5, 0.6) is 0 Å². The van der Waals surface area contributed by atoms with Crippen LogP contribution in [0.15, 0.2) is 33.4 Å². The number of hydrogen-bond donors (Lipinski definition) is 2. The molecule has 3 aromatic heterocycles. The molecule has 7 rings (SSSR count). The van der Waals surface area contributed by atoms with Gasteiger partial charge in [-0.1, -0.05) is 12.2 Å². The summed E-state index contributed by atoms with van der Waals surface area (Å²) in [6, 6.07) is 1.22. The number of pyridine rings is 1. The molecule has 33 heavy (non-hydrogen) atoms. The third kappa shape index (κ3) is 2.11. The lowest BCUT2D eigenvalue weighted by atomic mass is 9.75. The predicted molar refractivity (Wildman–Crippen MR) is 125 cm³/mol. The number of anilines is 1. The summed E-state index contributed by atoms with van der Waals surface area (Å²) >= 11 is 1.20. The molecule has 3 aliphatic rings. The molecule has 4 unspecified atom stereocenters. The number of thiazole rings is 1. The van der Waals surface area contributed by atoms with E-state index in [-0.39, 0.29) is 16.4 Å². The number of halogens is 1. The summed E-state index contributed by atoms with van der Waals surface area (Å²) in [7, 11) is 1.65. The van der Waals surface area contributed by atoms with Crippen molar-refractivity contribution in [3.05, 3.63) is 50.6 Å². The van der Waals surface area contributed by atoms with Crippen molar-refractivity contribution in [1.29, 1.82) is 0 Å². The molecular formula is C24H21FN4O3S. The highest BCUT2D eigenvalue weighted by atomic mass is 32.1. The topological polar surface area (TPSA) is 100 Å². The number of benzene rings is 1. The molecular weight excluding hydrogens is 443 g/mol. The number of carboxylic acid groups (broad SMARTS) is 1. The van der Waals surface area contributed by atoms with Crippen LogP contribution in [0, 0.1) is 29.0 Å². The van der Waals surface area contributed by atoms with E-state index < -0.39 is 17.2 Å². The van der Waals surface area contributed by atoms with Crippen molar-refractivity contribution in [1.82, 2.24) is 4.40 Å². The Labute approximate surface area is 190 Å². The van der Waals surface area contributed by atoms with Crippen molar-refractivity contribution in [2.75, 3.05) is 31.6 Å². The molecule has 0 spiro atoms. The Morgan fingerprint density at radius 2 is 2.24 bits per heavy atom. The van der Waals surface area contributed by atoms with Crippen molar-refractivity contribution in [2.45, 2.75) is 6.42 Å². The van der Waals surface area contributed by atoms with E-state index in [0.29, 0.717) is 63.1 Å². The van der Waals surface area contributed by atoms with Crippen molar-refractivity contribution >= 4 is 49.6 Å². The van der Waals surface area contributed by atoms with Gasteiger partial charge in [0.1, 0.15) is 16.2 Å². The second kappa shape index (κ2) is 6.09. The Morgan fingerprint density at radius 1 is 1.42 bits per heavy atom. The molecule has 2 bridgehead atoms. The number of aromatic nitrogens is 1. The van der Waals surface area contributed by atoms with Gasteiger partial charge >= 0.3 is 5.97 Å². The number of carboxylic acids is 1. The molecule has 9 heteroatoms.